The Balaban J connectivity index is 1.03. The highest BCUT2D eigenvalue weighted by Gasteiger charge is 2.37. The van der Waals surface area contributed by atoms with E-state index in [9.17, 15) is 27.9 Å². The van der Waals surface area contributed by atoms with E-state index < -0.39 is 46.0 Å². The lowest BCUT2D eigenvalue weighted by Gasteiger charge is -2.28. The van der Waals surface area contributed by atoms with E-state index in [4.69, 9.17) is 21.1 Å². The van der Waals surface area contributed by atoms with Crippen molar-refractivity contribution >= 4 is 57.1 Å². The molecule has 1 saturated heterocycles. The van der Waals surface area contributed by atoms with Crippen LogP contribution in [0.5, 0.6) is 5.75 Å². The third-order valence-corrected chi connectivity index (χ3v) is 12.8. The molecule has 58 heavy (non-hydrogen) atoms. The molecule has 0 radical (unpaired) electrons. The summed E-state index contributed by atoms with van der Waals surface area (Å²) in [6.07, 6.45) is 3.37. The van der Waals surface area contributed by atoms with Gasteiger partial charge in [0, 0.05) is 18.0 Å². The minimum atomic E-state index is -3.97. The van der Waals surface area contributed by atoms with Gasteiger partial charge in [-0.1, -0.05) is 84.4 Å². The van der Waals surface area contributed by atoms with E-state index in [2.05, 4.69) is 32.2 Å². The fraction of sp³-hybridized carbons (Fsp3) is 0.357. The van der Waals surface area contributed by atoms with Crippen LogP contribution in [0.15, 0.2) is 107 Å². The van der Waals surface area contributed by atoms with Crippen LogP contribution in [-0.4, -0.2) is 80.3 Å². The van der Waals surface area contributed by atoms with Gasteiger partial charge >= 0.3 is 11.9 Å². The third kappa shape index (κ3) is 11.7. The lowest BCUT2D eigenvalue weighted by Crippen LogP contribution is -2.53. The van der Waals surface area contributed by atoms with Crippen LogP contribution < -0.4 is 24.8 Å². The molecule has 2 aliphatic rings. The second-order valence-electron chi connectivity index (χ2n) is 14.2. The van der Waals surface area contributed by atoms with Crippen molar-refractivity contribution < 1.29 is 37.4 Å². The summed E-state index contributed by atoms with van der Waals surface area (Å²) in [4.78, 5) is 40.4. The fourth-order valence-corrected chi connectivity index (χ4v) is 9.36. The summed E-state index contributed by atoms with van der Waals surface area (Å²) in [6, 6.07) is 27.2. The van der Waals surface area contributed by atoms with Gasteiger partial charge in [0.05, 0.1) is 22.9 Å². The molecule has 0 bridgehead atoms. The first-order valence-corrected chi connectivity index (χ1v) is 21.9. The van der Waals surface area contributed by atoms with Crippen molar-refractivity contribution in [3.05, 3.63) is 119 Å². The van der Waals surface area contributed by atoms with E-state index >= 15 is 0 Å². The average molecular weight is 850 g/mol. The summed E-state index contributed by atoms with van der Waals surface area (Å²) in [7, 11) is -3.97. The van der Waals surface area contributed by atoms with Crippen molar-refractivity contribution in [1.29, 1.82) is 0 Å². The second kappa shape index (κ2) is 20.4. The summed E-state index contributed by atoms with van der Waals surface area (Å²) < 4.78 is 44.0. The molecule has 16 heteroatoms. The zero-order valence-corrected chi connectivity index (χ0v) is 34.5. The Bertz CT molecular complexity index is 2130. The zero-order chi connectivity index (χ0) is 41.1. The number of hydrogen-bond acceptors (Lipinski definition) is 11. The number of nitrogens with zero attached hydrogens (tertiary/aromatic N) is 1. The Morgan fingerprint density at radius 3 is 2.36 bits per heavy atom. The Morgan fingerprint density at radius 1 is 0.948 bits per heavy atom. The third-order valence-electron chi connectivity index (χ3n) is 10.0. The number of para-hydroxylation sites is 1. The predicted octanol–water partition coefficient (Wildman–Crippen LogP) is 5.78. The van der Waals surface area contributed by atoms with Gasteiger partial charge in [0.15, 0.2) is 0 Å². The van der Waals surface area contributed by atoms with Crippen LogP contribution in [0.2, 0.25) is 5.02 Å². The zero-order valence-electron chi connectivity index (χ0n) is 32.1. The first kappa shape index (κ1) is 43.0. The van der Waals surface area contributed by atoms with Gasteiger partial charge in [-0.3, -0.25) is 14.9 Å². The summed E-state index contributed by atoms with van der Waals surface area (Å²) in [5, 5.41) is 16.2. The molecule has 2 heterocycles. The number of anilines is 1. The van der Waals surface area contributed by atoms with Crippen molar-refractivity contribution in [2.75, 3.05) is 25.1 Å². The van der Waals surface area contributed by atoms with E-state index in [1.165, 1.54) is 22.4 Å². The van der Waals surface area contributed by atoms with Crippen LogP contribution in [0.3, 0.4) is 0 Å². The Kier molecular flexibility index (Phi) is 15.1. The maximum absolute atomic E-state index is 13.4. The number of carbonyl (C=O) groups excluding carboxylic acids is 2. The molecule has 5 N–H and O–H groups in total. The number of halogens is 1. The second-order valence-corrected chi connectivity index (χ2v) is 17.2. The van der Waals surface area contributed by atoms with Gasteiger partial charge in [-0.05, 0) is 98.4 Å². The first-order valence-electron chi connectivity index (χ1n) is 19.2. The number of benzene rings is 4. The maximum Gasteiger partial charge on any atom is 0.326 e. The molecule has 13 nitrogen and oxygen atoms in total. The lowest BCUT2D eigenvalue weighted by molar-refractivity contribution is -0.150. The lowest BCUT2D eigenvalue weighted by atomic mass is 10.0. The minimum absolute atomic E-state index is 0.00894. The van der Waals surface area contributed by atoms with Crippen LogP contribution in [-0.2, 0) is 48.5 Å². The highest BCUT2D eigenvalue weighted by atomic mass is 35.5. The molecule has 1 amide bonds. The van der Waals surface area contributed by atoms with E-state index in [0.717, 1.165) is 29.0 Å². The number of carbonyl (C=O) groups is 3. The van der Waals surface area contributed by atoms with Crippen LogP contribution in [0, 0.1) is 0 Å². The number of fused-ring (bicyclic) bond motifs is 1. The number of carboxylic acids is 1. The molecular weight excluding hydrogens is 802 g/mol. The molecule has 0 aliphatic carbocycles. The number of rotatable bonds is 19. The van der Waals surface area contributed by atoms with Gasteiger partial charge in [-0.25, -0.2) is 22.7 Å². The van der Waals surface area contributed by atoms with Crippen molar-refractivity contribution in [3.8, 4) is 5.75 Å². The average Bonchev–Trinajstić information content (AvgIpc) is 3.73. The molecule has 0 spiro atoms. The monoisotopic (exact) mass is 849 g/mol. The van der Waals surface area contributed by atoms with Gasteiger partial charge in [0.25, 0.3) is 0 Å². The largest absolute Gasteiger partial charge is 0.490 e. The Labute approximate surface area is 348 Å². The number of nitrogens with one attached hydrogen (secondary N) is 4. The Morgan fingerprint density at radius 2 is 1.64 bits per heavy atom. The molecule has 4 atom stereocenters. The molecular formula is C42H48ClN5O8S2. The smallest absolute Gasteiger partial charge is 0.326 e. The quantitative estimate of drug-likeness (QED) is 0.0438. The highest BCUT2D eigenvalue weighted by molar-refractivity contribution is 7.97. The Hall–Kier alpha value is -4.64. The molecule has 0 saturated carbocycles. The maximum atomic E-state index is 13.4. The number of ether oxygens (including phenoxy) is 2. The van der Waals surface area contributed by atoms with Crippen LogP contribution in [0.25, 0.3) is 0 Å². The summed E-state index contributed by atoms with van der Waals surface area (Å²) >= 11 is 7.90. The van der Waals surface area contributed by atoms with Crippen molar-refractivity contribution in [1.82, 2.24) is 19.7 Å². The number of aliphatic carboxylic acids is 1. The molecule has 6 rings (SSSR count). The number of sulfonamides is 1. The van der Waals surface area contributed by atoms with Crippen molar-refractivity contribution in [3.63, 3.8) is 0 Å². The molecule has 1 fully saturated rings. The highest BCUT2D eigenvalue weighted by Crippen LogP contribution is 2.37. The molecule has 308 valence electrons. The molecule has 4 aromatic carbocycles. The van der Waals surface area contributed by atoms with Crippen molar-refractivity contribution in [2.45, 2.75) is 86.1 Å². The molecule has 2 aliphatic heterocycles. The number of aryl methyl sites for hydroxylation is 2. The fourth-order valence-electron chi connectivity index (χ4n) is 6.86. The SMILES string of the molecule is C[C@H](NC(CCc1ccc(CNS(=O)(=O)c2cc3c(cc2Cl)NC(CCc2ccccc2)NS3)cc1)C(=O)OCCOc1ccccc1)C(=O)N1CCC[C@H]1C(=O)O. The number of carboxylic acid groups (broad SMARTS) is 1. The summed E-state index contributed by atoms with van der Waals surface area (Å²) in [5.41, 5.74) is 3.59. The minimum Gasteiger partial charge on any atom is -0.490 e. The molecule has 2 unspecified atom stereocenters. The van der Waals surface area contributed by atoms with Gasteiger partial charge < -0.3 is 24.8 Å². The van der Waals surface area contributed by atoms with E-state index in [0.29, 0.717) is 37.1 Å². The number of hydrogen-bond donors (Lipinski definition) is 5. The van der Waals surface area contributed by atoms with Crippen LogP contribution in [0.1, 0.15) is 49.3 Å². The normalized spacial score (nSPS) is 17.4. The van der Waals surface area contributed by atoms with Crippen molar-refractivity contribution in [2.24, 2.45) is 0 Å². The number of esters is 1. The standard InChI is InChI=1S/C42H48ClN5O8S2/c1-28(40(49)48-22-8-13-36(48)41(50)51)45-34(42(52)56-24-23-55-32-11-6-3-7-12-32)20-18-30-14-16-31(17-15-30)27-44-58(53,54)38-26-37-35(25-33(38)43)46-39(47-57-37)21-19-29-9-4-2-5-10-29/h2-7,9-12,14-17,25-26,28,34,36,39,44-47H,8,13,18-24,27H2,1H3,(H,50,51)/t28-,34?,36-,39?/m0/s1. The van der Waals surface area contributed by atoms with Gasteiger partial charge in [0.1, 0.15) is 35.9 Å². The van der Waals surface area contributed by atoms with Gasteiger partial charge in [-0.2, -0.15) is 0 Å². The van der Waals surface area contributed by atoms with Gasteiger partial charge in [0.2, 0.25) is 15.9 Å². The molecule has 4 aromatic rings. The summed E-state index contributed by atoms with van der Waals surface area (Å²) in [6.45, 7) is 2.10. The van der Waals surface area contributed by atoms with Crippen LogP contribution in [0.4, 0.5) is 5.69 Å². The van der Waals surface area contributed by atoms with E-state index in [1.54, 1.807) is 43.3 Å². The number of likely N-dealkylation sites (tertiary alicyclic amines) is 1. The molecule has 0 aromatic heterocycles. The van der Waals surface area contributed by atoms with Crippen LogP contribution >= 0.6 is 23.5 Å². The van der Waals surface area contributed by atoms with Gasteiger partial charge in [-0.15, -0.1) is 0 Å². The topological polar surface area (TPSA) is 175 Å². The summed E-state index contributed by atoms with van der Waals surface area (Å²) in [5.74, 6) is -1.37. The predicted molar refractivity (Wildman–Crippen MR) is 223 cm³/mol. The van der Waals surface area contributed by atoms with E-state index in [-0.39, 0.29) is 42.3 Å². The number of amides is 1. The van der Waals surface area contributed by atoms with E-state index in [1.807, 2.05) is 48.5 Å². The first-order chi connectivity index (χ1) is 28.0.